The molecule has 0 fully saturated rings. The van der Waals surface area contributed by atoms with Crippen molar-refractivity contribution in [2.75, 3.05) is 23.7 Å². The molecule has 2 amide bonds. The minimum atomic E-state index is -3.83. The summed E-state index contributed by atoms with van der Waals surface area (Å²) in [5.41, 5.74) is 1.06. The molecule has 3 aromatic carbocycles. The highest BCUT2D eigenvalue weighted by atomic mass is 35.5. The molecule has 0 unspecified atom stereocenters. The molecule has 8 nitrogen and oxygen atoms in total. The molecule has 0 aliphatic rings. The molecule has 208 valence electrons. The Bertz CT molecular complexity index is 1330. The van der Waals surface area contributed by atoms with Crippen LogP contribution in [0.25, 0.3) is 0 Å². The highest BCUT2D eigenvalue weighted by Crippen LogP contribution is 2.26. The predicted molar refractivity (Wildman–Crippen MR) is 155 cm³/mol. The Morgan fingerprint density at radius 2 is 1.56 bits per heavy atom. The lowest BCUT2D eigenvalue weighted by molar-refractivity contribution is -0.139. The van der Waals surface area contributed by atoms with Crippen molar-refractivity contribution in [1.82, 2.24) is 10.2 Å². The topological polar surface area (TPSA) is 96.0 Å². The molecular formula is C29H34ClN3O5S. The molecule has 3 aromatic rings. The van der Waals surface area contributed by atoms with Crippen molar-refractivity contribution in [3.05, 3.63) is 89.4 Å². The average Bonchev–Trinajstić information content (AvgIpc) is 2.91. The summed E-state index contributed by atoms with van der Waals surface area (Å²) >= 11 is 6.01. The number of unbranched alkanes of at least 4 members (excludes halogenated alkanes) is 1. The first kappa shape index (κ1) is 30.0. The van der Waals surface area contributed by atoms with Gasteiger partial charge in [0.15, 0.2) is 0 Å². The highest BCUT2D eigenvalue weighted by molar-refractivity contribution is 7.92. The molecule has 0 aliphatic heterocycles. The number of carbonyl (C=O) groups is 2. The second kappa shape index (κ2) is 14.0. The molecular weight excluding hydrogens is 538 g/mol. The molecule has 1 N–H and O–H groups in total. The number of rotatable bonds is 13. The van der Waals surface area contributed by atoms with Crippen molar-refractivity contribution < 1.29 is 22.7 Å². The number of hydrogen-bond donors (Lipinski definition) is 1. The number of sulfonamides is 1. The lowest BCUT2D eigenvalue weighted by atomic mass is 10.1. The second-order valence-corrected chi connectivity index (χ2v) is 11.5. The maximum Gasteiger partial charge on any atom is 0.244 e. The molecule has 1 atom stereocenters. The molecule has 0 spiro atoms. The summed E-state index contributed by atoms with van der Waals surface area (Å²) in [4.78, 5) is 27.9. The Morgan fingerprint density at radius 3 is 2.15 bits per heavy atom. The number of benzene rings is 3. The van der Waals surface area contributed by atoms with Gasteiger partial charge in [0.25, 0.3) is 0 Å². The van der Waals surface area contributed by atoms with E-state index in [1.54, 1.807) is 55.5 Å². The van der Waals surface area contributed by atoms with E-state index in [1.165, 1.54) is 4.90 Å². The Balaban J connectivity index is 1.83. The van der Waals surface area contributed by atoms with Gasteiger partial charge < -0.3 is 15.0 Å². The summed E-state index contributed by atoms with van der Waals surface area (Å²) in [6.07, 6.45) is 2.77. The standard InChI is InChI=1S/C29H34ClN3O5S/c1-4-5-19-31-29(35)22(2)32(20-23-11-13-24(30)14-12-23)28(34)21-33(39(3,36)37)25-15-17-27(18-16-25)38-26-9-7-6-8-10-26/h6-18,22H,4-5,19-21H2,1-3H3,(H,31,35)/t22-/m0/s1. The van der Waals surface area contributed by atoms with Crippen molar-refractivity contribution in [3.63, 3.8) is 0 Å². The zero-order valence-electron chi connectivity index (χ0n) is 22.3. The van der Waals surface area contributed by atoms with Crippen LogP contribution < -0.4 is 14.4 Å². The average molecular weight is 572 g/mol. The van der Waals surface area contributed by atoms with Gasteiger partial charge in [-0.2, -0.15) is 0 Å². The molecule has 0 radical (unpaired) electrons. The Morgan fingerprint density at radius 1 is 0.949 bits per heavy atom. The van der Waals surface area contributed by atoms with Crippen molar-refractivity contribution in [2.45, 2.75) is 39.3 Å². The van der Waals surface area contributed by atoms with Crippen LogP contribution >= 0.6 is 11.6 Å². The van der Waals surface area contributed by atoms with Gasteiger partial charge in [0.2, 0.25) is 21.8 Å². The van der Waals surface area contributed by atoms with E-state index in [9.17, 15) is 18.0 Å². The van der Waals surface area contributed by atoms with Crippen LogP contribution in [0, 0.1) is 0 Å². The summed E-state index contributed by atoms with van der Waals surface area (Å²) in [5.74, 6) is 0.341. The number of para-hydroxylation sites is 1. The summed E-state index contributed by atoms with van der Waals surface area (Å²) in [7, 11) is -3.83. The van der Waals surface area contributed by atoms with Crippen LogP contribution in [0.3, 0.4) is 0 Å². The third-order valence-electron chi connectivity index (χ3n) is 6.05. The highest BCUT2D eigenvalue weighted by Gasteiger charge is 2.30. The van der Waals surface area contributed by atoms with Gasteiger partial charge in [-0.1, -0.05) is 55.3 Å². The van der Waals surface area contributed by atoms with E-state index in [0.29, 0.717) is 28.8 Å². The second-order valence-electron chi connectivity index (χ2n) is 9.15. The van der Waals surface area contributed by atoms with Gasteiger partial charge in [0.1, 0.15) is 24.1 Å². The first-order valence-corrected chi connectivity index (χ1v) is 14.9. The normalized spacial score (nSPS) is 11.9. The van der Waals surface area contributed by atoms with Crippen molar-refractivity contribution in [2.24, 2.45) is 0 Å². The lowest BCUT2D eigenvalue weighted by Gasteiger charge is -2.31. The Hall–Kier alpha value is -3.56. The number of amides is 2. The van der Waals surface area contributed by atoms with Crippen LogP contribution in [-0.4, -0.2) is 50.5 Å². The van der Waals surface area contributed by atoms with Gasteiger partial charge >= 0.3 is 0 Å². The van der Waals surface area contributed by atoms with Gasteiger partial charge in [-0.15, -0.1) is 0 Å². The molecule has 39 heavy (non-hydrogen) atoms. The van der Waals surface area contributed by atoms with Crippen LogP contribution in [-0.2, 0) is 26.2 Å². The number of carbonyl (C=O) groups excluding carboxylic acids is 2. The number of ether oxygens (including phenoxy) is 1. The van der Waals surface area contributed by atoms with Crippen LogP contribution in [0.1, 0.15) is 32.3 Å². The molecule has 0 bridgehead atoms. The van der Waals surface area contributed by atoms with Gasteiger partial charge in [-0.25, -0.2) is 8.42 Å². The molecule has 10 heteroatoms. The van der Waals surface area contributed by atoms with E-state index in [4.69, 9.17) is 16.3 Å². The molecule has 0 aromatic heterocycles. The Labute approximate surface area is 235 Å². The third-order valence-corrected chi connectivity index (χ3v) is 7.44. The van der Waals surface area contributed by atoms with Crippen LogP contribution in [0.15, 0.2) is 78.9 Å². The number of hydrogen-bond acceptors (Lipinski definition) is 5. The monoisotopic (exact) mass is 571 g/mol. The van der Waals surface area contributed by atoms with Gasteiger partial charge in [-0.05, 0) is 67.4 Å². The predicted octanol–water partition coefficient (Wildman–Crippen LogP) is 5.23. The summed E-state index contributed by atoms with van der Waals surface area (Å²) < 4.78 is 32.4. The zero-order valence-corrected chi connectivity index (χ0v) is 23.9. The zero-order chi connectivity index (χ0) is 28.4. The summed E-state index contributed by atoms with van der Waals surface area (Å²) in [6.45, 7) is 3.79. The van der Waals surface area contributed by atoms with E-state index < -0.39 is 28.5 Å². The fraction of sp³-hybridized carbons (Fsp3) is 0.310. The van der Waals surface area contributed by atoms with Crippen molar-refractivity contribution in [3.8, 4) is 11.5 Å². The fourth-order valence-corrected chi connectivity index (χ4v) is 4.80. The van der Waals surface area contributed by atoms with Gasteiger partial charge in [0.05, 0.1) is 11.9 Å². The van der Waals surface area contributed by atoms with Crippen LogP contribution in [0.2, 0.25) is 5.02 Å². The SMILES string of the molecule is CCCCNC(=O)[C@H](C)N(Cc1ccc(Cl)cc1)C(=O)CN(c1ccc(Oc2ccccc2)cc1)S(C)(=O)=O. The lowest BCUT2D eigenvalue weighted by Crippen LogP contribution is -2.51. The minimum Gasteiger partial charge on any atom is -0.457 e. The number of nitrogens with one attached hydrogen (secondary N) is 1. The largest absolute Gasteiger partial charge is 0.457 e. The van der Waals surface area contributed by atoms with E-state index in [0.717, 1.165) is 29.0 Å². The molecule has 0 aliphatic carbocycles. The first-order valence-electron chi connectivity index (χ1n) is 12.7. The van der Waals surface area contributed by atoms with Crippen LogP contribution in [0.5, 0.6) is 11.5 Å². The minimum absolute atomic E-state index is 0.111. The smallest absolute Gasteiger partial charge is 0.244 e. The summed E-state index contributed by atoms with van der Waals surface area (Å²) in [6, 6.07) is 21.7. The van der Waals surface area contributed by atoms with E-state index >= 15 is 0 Å². The third kappa shape index (κ3) is 9.01. The number of halogens is 1. The van der Waals surface area contributed by atoms with Gasteiger partial charge in [-0.3, -0.25) is 13.9 Å². The molecule has 0 saturated carbocycles. The molecule has 0 saturated heterocycles. The van der Waals surface area contributed by atoms with Crippen molar-refractivity contribution >= 4 is 39.1 Å². The summed E-state index contributed by atoms with van der Waals surface area (Å²) in [5, 5.41) is 3.40. The molecule has 3 rings (SSSR count). The van der Waals surface area contributed by atoms with E-state index in [-0.39, 0.29) is 12.5 Å². The van der Waals surface area contributed by atoms with E-state index in [1.807, 2.05) is 37.3 Å². The van der Waals surface area contributed by atoms with Crippen LogP contribution in [0.4, 0.5) is 5.69 Å². The Kier molecular flexibility index (Phi) is 10.8. The molecule has 0 heterocycles. The number of nitrogens with zero attached hydrogens (tertiary/aromatic N) is 2. The quantitative estimate of drug-likeness (QED) is 0.283. The van der Waals surface area contributed by atoms with E-state index in [2.05, 4.69) is 5.32 Å². The maximum atomic E-state index is 13.6. The fourth-order valence-electron chi connectivity index (χ4n) is 3.82. The van der Waals surface area contributed by atoms with Gasteiger partial charge in [0, 0.05) is 18.1 Å². The number of anilines is 1. The first-order chi connectivity index (χ1) is 18.6. The maximum absolute atomic E-state index is 13.6. The van der Waals surface area contributed by atoms with Crippen molar-refractivity contribution in [1.29, 1.82) is 0 Å².